The zero-order valence-corrected chi connectivity index (χ0v) is 14.9. The quantitative estimate of drug-likeness (QED) is 0.844. The Hall–Kier alpha value is -1.79. The second-order valence-electron chi connectivity index (χ2n) is 6.28. The summed E-state index contributed by atoms with van der Waals surface area (Å²) in [6, 6.07) is 6.26. The summed E-state index contributed by atoms with van der Waals surface area (Å²) in [5.41, 5.74) is 1.68. The summed E-state index contributed by atoms with van der Waals surface area (Å²) in [5.74, 6) is 0.0446. The molecule has 0 aliphatic carbocycles. The number of ether oxygens (including phenoxy) is 1. The fourth-order valence-corrected chi connectivity index (χ4v) is 3.76. The van der Waals surface area contributed by atoms with E-state index in [1.54, 1.807) is 12.1 Å². The number of hydrogen-bond donors (Lipinski definition) is 0. The highest BCUT2D eigenvalue weighted by Gasteiger charge is 2.28. The Balaban J connectivity index is 1.77. The lowest BCUT2D eigenvalue weighted by Gasteiger charge is -2.33. The van der Waals surface area contributed by atoms with Crippen molar-refractivity contribution in [3.05, 3.63) is 51.2 Å². The van der Waals surface area contributed by atoms with Gasteiger partial charge in [0.25, 0.3) is 5.91 Å². The smallest absolute Gasteiger partial charge is 0.266 e. The molecular formula is C18H21FN2O2S. The van der Waals surface area contributed by atoms with Crippen molar-refractivity contribution in [1.29, 1.82) is 0 Å². The Morgan fingerprint density at radius 2 is 2.08 bits per heavy atom. The zero-order chi connectivity index (χ0) is 17.3. The number of benzene rings is 1. The van der Waals surface area contributed by atoms with Gasteiger partial charge in [0.05, 0.1) is 23.9 Å². The van der Waals surface area contributed by atoms with Crippen molar-refractivity contribution in [1.82, 2.24) is 9.88 Å². The minimum absolute atomic E-state index is 0.00677. The van der Waals surface area contributed by atoms with Crippen molar-refractivity contribution in [3.63, 3.8) is 0 Å². The molecule has 24 heavy (non-hydrogen) atoms. The Morgan fingerprint density at radius 3 is 2.71 bits per heavy atom. The van der Waals surface area contributed by atoms with Crippen molar-refractivity contribution in [2.75, 3.05) is 19.7 Å². The van der Waals surface area contributed by atoms with Crippen LogP contribution in [0.3, 0.4) is 0 Å². The largest absolute Gasteiger partial charge is 0.370 e. The van der Waals surface area contributed by atoms with Gasteiger partial charge in [0.2, 0.25) is 0 Å². The van der Waals surface area contributed by atoms with Crippen LogP contribution in [0.5, 0.6) is 0 Å². The van der Waals surface area contributed by atoms with E-state index in [0.29, 0.717) is 30.5 Å². The Labute approximate surface area is 145 Å². The minimum atomic E-state index is -0.274. The molecule has 4 nitrogen and oxygen atoms in total. The SMILES string of the molecule is Cc1nc(C(C)C)sc1C(=O)N1CCO[C@H](c2ccc(F)cc2)C1. The maximum Gasteiger partial charge on any atom is 0.266 e. The lowest BCUT2D eigenvalue weighted by Crippen LogP contribution is -2.42. The predicted octanol–water partition coefficient (Wildman–Crippen LogP) is 3.93. The standard InChI is InChI=1S/C18H21FN2O2S/c1-11(2)17-20-12(3)16(24-17)18(22)21-8-9-23-15(10-21)13-4-6-14(19)7-5-13/h4-7,11,15H,8-10H2,1-3H3/t15-/m0/s1. The average Bonchev–Trinajstić information content (AvgIpc) is 2.97. The fourth-order valence-electron chi connectivity index (χ4n) is 2.72. The summed E-state index contributed by atoms with van der Waals surface area (Å²) < 4.78 is 18.8. The number of hydrogen-bond acceptors (Lipinski definition) is 4. The van der Waals surface area contributed by atoms with E-state index in [4.69, 9.17) is 4.74 Å². The van der Waals surface area contributed by atoms with Gasteiger partial charge in [-0.2, -0.15) is 0 Å². The molecule has 1 aliphatic rings. The minimum Gasteiger partial charge on any atom is -0.370 e. The molecule has 128 valence electrons. The van der Waals surface area contributed by atoms with Crippen molar-refractivity contribution < 1.29 is 13.9 Å². The average molecular weight is 348 g/mol. The van der Waals surface area contributed by atoms with Gasteiger partial charge in [0, 0.05) is 12.5 Å². The molecule has 2 aromatic rings. The second kappa shape index (κ2) is 6.99. The summed E-state index contributed by atoms with van der Waals surface area (Å²) in [6.45, 7) is 7.54. The molecule has 0 N–H and O–H groups in total. The van der Waals surface area contributed by atoms with Crippen LogP contribution in [0.1, 0.15) is 51.8 Å². The highest BCUT2D eigenvalue weighted by Crippen LogP contribution is 2.28. The Bertz CT molecular complexity index is 727. The van der Waals surface area contributed by atoms with E-state index in [-0.39, 0.29) is 17.8 Å². The summed E-state index contributed by atoms with van der Waals surface area (Å²) in [5, 5.41) is 0.985. The number of nitrogens with zero attached hydrogens (tertiary/aromatic N) is 2. The summed E-state index contributed by atoms with van der Waals surface area (Å²) >= 11 is 1.48. The number of amides is 1. The molecule has 0 saturated carbocycles. The second-order valence-corrected chi connectivity index (χ2v) is 7.31. The number of morpholine rings is 1. The molecule has 0 spiro atoms. The van der Waals surface area contributed by atoms with Gasteiger partial charge in [-0.15, -0.1) is 11.3 Å². The van der Waals surface area contributed by atoms with E-state index in [9.17, 15) is 9.18 Å². The normalized spacial score (nSPS) is 18.2. The number of aromatic nitrogens is 1. The number of halogens is 1. The van der Waals surface area contributed by atoms with E-state index in [1.807, 2.05) is 11.8 Å². The molecule has 1 saturated heterocycles. The third-order valence-electron chi connectivity index (χ3n) is 4.10. The topological polar surface area (TPSA) is 42.4 Å². The first kappa shape index (κ1) is 17.0. The maximum absolute atomic E-state index is 13.1. The molecule has 2 heterocycles. The van der Waals surface area contributed by atoms with E-state index in [2.05, 4.69) is 18.8 Å². The molecule has 1 fully saturated rings. The molecule has 1 aromatic carbocycles. The van der Waals surface area contributed by atoms with E-state index < -0.39 is 0 Å². The molecule has 3 rings (SSSR count). The molecule has 1 aliphatic heterocycles. The summed E-state index contributed by atoms with van der Waals surface area (Å²) in [7, 11) is 0. The van der Waals surface area contributed by atoms with Crippen LogP contribution in [0, 0.1) is 12.7 Å². The Morgan fingerprint density at radius 1 is 1.38 bits per heavy atom. The van der Waals surface area contributed by atoms with Crippen molar-refractivity contribution in [3.8, 4) is 0 Å². The Kier molecular flexibility index (Phi) is 4.96. The van der Waals surface area contributed by atoms with Crippen LogP contribution in [0.4, 0.5) is 4.39 Å². The van der Waals surface area contributed by atoms with Crippen LogP contribution in [0.25, 0.3) is 0 Å². The molecule has 0 radical (unpaired) electrons. The van der Waals surface area contributed by atoms with E-state index in [1.165, 1.54) is 23.5 Å². The molecule has 1 amide bonds. The highest BCUT2D eigenvalue weighted by molar-refractivity contribution is 7.13. The van der Waals surface area contributed by atoms with Crippen molar-refractivity contribution >= 4 is 17.2 Å². The van der Waals surface area contributed by atoms with Crippen molar-refractivity contribution in [2.45, 2.75) is 32.8 Å². The van der Waals surface area contributed by atoms with Crippen molar-refractivity contribution in [2.24, 2.45) is 0 Å². The molecule has 1 atom stereocenters. The molecular weight excluding hydrogens is 327 g/mol. The van der Waals surface area contributed by atoms with Crippen LogP contribution >= 0.6 is 11.3 Å². The van der Waals surface area contributed by atoms with Crippen LogP contribution < -0.4 is 0 Å². The van der Waals surface area contributed by atoms with Crippen LogP contribution in [0.15, 0.2) is 24.3 Å². The first-order chi connectivity index (χ1) is 11.5. The number of carbonyl (C=O) groups excluding carboxylic acids is 1. The third-order valence-corrected chi connectivity index (χ3v) is 5.54. The first-order valence-corrected chi connectivity index (χ1v) is 8.91. The lowest BCUT2D eigenvalue weighted by atomic mass is 10.1. The van der Waals surface area contributed by atoms with Gasteiger partial charge in [0.15, 0.2) is 0 Å². The maximum atomic E-state index is 13.1. The highest BCUT2D eigenvalue weighted by atomic mass is 32.1. The number of aryl methyl sites for hydroxylation is 1. The van der Waals surface area contributed by atoms with Gasteiger partial charge >= 0.3 is 0 Å². The summed E-state index contributed by atoms with van der Waals surface area (Å²) in [6.07, 6.45) is -0.221. The van der Waals surface area contributed by atoms with E-state index in [0.717, 1.165) is 16.3 Å². The van der Waals surface area contributed by atoms with Gasteiger partial charge in [-0.05, 0) is 24.6 Å². The molecule has 1 aromatic heterocycles. The summed E-state index contributed by atoms with van der Waals surface area (Å²) in [4.78, 5) is 19.9. The van der Waals surface area contributed by atoms with Gasteiger partial charge in [-0.3, -0.25) is 4.79 Å². The van der Waals surface area contributed by atoms with Gasteiger partial charge in [-0.1, -0.05) is 26.0 Å². The zero-order valence-electron chi connectivity index (χ0n) is 14.1. The van der Waals surface area contributed by atoms with Crippen LogP contribution in [-0.2, 0) is 4.74 Å². The van der Waals surface area contributed by atoms with Gasteiger partial charge in [-0.25, -0.2) is 9.37 Å². The monoisotopic (exact) mass is 348 g/mol. The van der Waals surface area contributed by atoms with Gasteiger partial charge in [0.1, 0.15) is 16.8 Å². The third kappa shape index (κ3) is 3.49. The van der Waals surface area contributed by atoms with Crippen LogP contribution in [0.2, 0.25) is 0 Å². The predicted molar refractivity (Wildman–Crippen MR) is 91.9 cm³/mol. The lowest BCUT2D eigenvalue weighted by molar-refractivity contribution is -0.0227. The first-order valence-electron chi connectivity index (χ1n) is 8.09. The van der Waals surface area contributed by atoms with Gasteiger partial charge < -0.3 is 9.64 Å². The fraction of sp³-hybridized carbons (Fsp3) is 0.444. The number of thiazole rings is 1. The number of rotatable bonds is 3. The molecule has 0 bridgehead atoms. The van der Waals surface area contributed by atoms with Crippen LogP contribution in [-0.4, -0.2) is 35.5 Å². The molecule has 6 heteroatoms. The number of carbonyl (C=O) groups is 1. The molecule has 0 unspecified atom stereocenters. The van der Waals surface area contributed by atoms with E-state index >= 15 is 0 Å².